The molecule has 1 aromatic carbocycles. The molecule has 0 saturated heterocycles. The Hall–Kier alpha value is -1.18. The summed E-state index contributed by atoms with van der Waals surface area (Å²) >= 11 is 0. The Morgan fingerprint density at radius 1 is 1.20 bits per heavy atom. The molecule has 0 unspecified atom stereocenters. The van der Waals surface area contributed by atoms with Gasteiger partial charge in [-0.25, -0.2) is 4.39 Å². The van der Waals surface area contributed by atoms with Crippen molar-refractivity contribution < 1.29 is 41.0 Å². The second-order valence-corrected chi connectivity index (χ2v) is 7.46. The summed E-state index contributed by atoms with van der Waals surface area (Å²) < 4.78 is 81.9. The van der Waals surface area contributed by atoms with Gasteiger partial charge in [0.25, 0.3) is 0 Å². The van der Waals surface area contributed by atoms with Crippen molar-refractivity contribution in [1.29, 1.82) is 0 Å². The molecule has 0 aliphatic heterocycles. The van der Waals surface area contributed by atoms with Crippen LogP contribution in [0.1, 0.15) is 31.7 Å². The fourth-order valence-electron chi connectivity index (χ4n) is 2.10. The highest BCUT2D eigenvalue weighted by Gasteiger charge is 2.41. The predicted octanol–water partition coefficient (Wildman–Crippen LogP) is 4.43. The van der Waals surface area contributed by atoms with Crippen LogP contribution in [-0.2, 0) is 11.0 Å². The third-order valence-electron chi connectivity index (χ3n) is 3.60. The summed E-state index contributed by atoms with van der Waals surface area (Å²) in [6, 6.07) is 2.31. The summed E-state index contributed by atoms with van der Waals surface area (Å²) in [5.74, 6) is -5.40. The van der Waals surface area contributed by atoms with E-state index in [-0.39, 0.29) is 5.56 Å². The summed E-state index contributed by atoms with van der Waals surface area (Å²) in [6.07, 6.45) is -4.95. The van der Waals surface area contributed by atoms with Crippen molar-refractivity contribution in [2.45, 2.75) is 38.8 Å². The molecule has 0 aromatic heterocycles. The Labute approximate surface area is 142 Å². The van der Waals surface area contributed by atoms with E-state index in [0.29, 0.717) is 12.8 Å². The Balaban J connectivity index is 2.82. The summed E-state index contributed by atoms with van der Waals surface area (Å²) in [7, 11) is -4.61. The van der Waals surface area contributed by atoms with Gasteiger partial charge in [0.15, 0.2) is 11.6 Å². The topological polar surface area (TPSA) is 66.8 Å². The van der Waals surface area contributed by atoms with Crippen LogP contribution in [0.3, 0.4) is 0 Å². The van der Waals surface area contributed by atoms with Crippen molar-refractivity contribution in [2.24, 2.45) is 5.92 Å². The highest BCUT2D eigenvalue weighted by molar-refractivity contribution is 7.51. The number of hydrogen-bond acceptors (Lipinski definition) is 2. The van der Waals surface area contributed by atoms with Crippen molar-refractivity contribution in [1.82, 2.24) is 0 Å². The number of aryl methyl sites for hydroxylation is 1. The lowest BCUT2D eigenvalue weighted by Crippen LogP contribution is -2.29. The SMILES string of the molecule is CCCCc1ccc(OC[C@H](CCP(=O)(O)O)C(F)(F)F)c(F)c1F. The Morgan fingerprint density at radius 2 is 1.84 bits per heavy atom. The van der Waals surface area contributed by atoms with Gasteiger partial charge in [0.05, 0.1) is 18.7 Å². The summed E-state index contributed by atoms with van der Waals surface area (Å²) in [4.78, 5) is 17.4. The van der Waals surface area contributed by atoms with Gasteiger partial charge >= 0.3 is 13.8 Å². The van der Waals surface area contributed by atoms with Gasteiger partial charge in [0.1, 0.15) is 0 Å². The largest absolute Gasteiger partial charge is 0.490 e. The van der Waals surface area contributed by atoms with E-state index in [4.69, 9.17) is 14.5 Å². The molecule has 0 bridgehead atoms. The van der Waals surface area contributed by atoms with Gasteiger partial charge in [-0.3, -0.25) is 4.57 Å². The van der Waals surface area contributed by atoms with Crippen LogP contribution in [0.2, 0.25) is 0 Å². The van der Waals surface area contributed by atoms with Crippen molar-refractivity contribution in [3.63, 3.8) is 0 Å². The van der Waals surface area contributed by atoms with Gasteiger partial charge in [-0.2, -0.15) is 17.6 Å². The lowest BCUT2D eigenvalue weighted by Gasteiger charge is -2.21. The third kappa shape index (κ3) is 7.30. The lowest BCUT2D eigenvalue weighted by molar-refractivity contribution is -0.182. The molecular formula is C15H20F5O4P. The number of ether oxygens (including phenoxy) is 1. The molecule has 10 heteroatoms. The lowest BCUT2D eigenvalue weighted by atomic mass is 10.1. The van der Waals surface area contributed by atoms with Crippen LogP contribution >= 0.6 is 7.60 Å². The van der Waals surface area contributed by atoms with E-state index >= 15 is 0 Å². The molecule has 144 valence electrons. The van der Waals surface area contributed by atoms with Crippen LogP contribution in [0.4, 0.5) is 22.0 Å². The summed E-state index contributed by atoms with van der Waals surface area (Å²) in [6.45, 7) is 0.814. The molecular weight excluding hydrogens is 370 g/mol. The summed E-state index contributed by atoms with van der Waals surface area (Å²) in [5, 5.41) is 0. The number of unbranched alkanes of at least 4 members (excludes halogenated alkanes) is 1. The number of alkyl halides is 3. The minimum Gasteiger partial charge on any atom is -0.490 e. The number of rotatable bonds is 9. The zero-order chi connectivity index (χ0) is 19.3. The Kier molecular flexibility index (Phi) is 7.84. The van der Waals surface area contributed by atoms with Crippen LogP contribution in [-0.4, -0.2) is 28.7 Å². The zero-order valence-electron chi connectivity index (χ0n) is 13.5. The van der Waals surface area contributed by atoms with Gasteiger partial charge in [-0.1, -0.05) is 19.4 Å². The first-order valence-corrected chi connectivity index (χ1v) is 9.46. The molecule has 0 saturated carbocycles. The average Bonchev–Trinajstić information content (AvgIpc) is 2.48. The molecule has 0 aliphatic rings. The Morgan fingerprint density at radius 3 is 2.36 bits per heavy atom. The van der Waals surface area contributed by atoms with Crippen molar-refractivity contribution >= 4 is 7.60 Å². The molecule has 1 aromatic rings. The smallest absolute Gasteiger partial charge is 0.395 e. The quantitative estimate of drug-likeness (QED) is 0.484. The average molecular weight is 390 g/mol. The monoisotopic (exact) mass is 390 g/mol. The molecule has 0 amide bonds. The molecule has 0 radical (unpaired) electrons. The maximum atomic E-state index is 13.9. The van der Waals surface area contributed by atoms with E-state index in [1.165, 1.54) is 6.07 Å². The minimum atomic E-state index is -4.79. The molecule has 0 spiro atoms. The molecule has 2 N–H and O–H groups in total. The number of benzene rings is 1. The molecule has 1 rings (SSSR count). The first kappa shape index (κ1) is 21.9. The van der Waals surface area contributed by atoms with Gasteiger partial charge in [-0.15, -0.1) is 0 Å². The van der Waals surface area contributed by atoms with Gasteiger partial charge < -0.3 is 14.5 Å². The molecule has 1 atom stereocenters. The van der Waals surface area contributed by atoms with E-state index in [2.05, 4.69) is 0 Å². The first-order chi connectivity index (χ1) is 11.5. The van der Waals surface area contributed by atoms with Crippen molar-refractivity contribution in [3.8, 4) is 5.75 Å². The maximum absolute atomic E-state index is 13.9. The first-order valence-electron chi connectivity index (χ1n) is 7.66. The number of hydrogen-bond donors (Lipinski definition) is 2. The number of halogens is 5. The van der Waals surface area contributed by atoms with E-state index in [1.807, 2.05) is 6.92 Å². The van der Waals surface area contributed by atoms with Crippen LogP contribution < -0.4 is 4.74 Å². The second-order valence-electron chi connectivity index (χ2n) is 5.68. The highest BCUT2D eigenvalue weighted by Crippen LogP contribution is 2.39. The molecule has 0 aliphatic carbocycles. The molecule has 0 heterocycles. The highest BCUT2D eigenvalue weighted by atomic mass is 31.2. The molecule has 0 fully saturated rings. The normalized spacial score (nSPS) is 13.8. The Bertz CT molecular complexity index is 615. The predicted molar refractivity (Wildman–Crippen MR) is 81.5 cm³/mol. The van der Waals surface area contributed by atoms with Crippen molar-refractivity contribution in [2.75, 3.05) is 12.8 Å². The van der Waals surface area contributed by atoms with Gasteiger partial charge in [-0.05, 0) is 30.9 Å². The molecule has 25 heavy (non-hydrogen) atoms. The fourth-order valence-corrected chi connectivity index (χ4v) is 2.75. The van der Waals surface area contributed by atoms with Crippen molar-refractivity contribution in [3.05, 3.63) is 29.3 Å². The third-order valence-corrected chi connectivity index (χ3v) is 4.44. The fraction of sp³-hybridized carbons (Fsp3) is 0.600. The van der Waals surface area contributed by atoms with Gasteiger partial charge in [0, 0.05) is 0 Å². The second kappa shape index (κ2) is 8.96. The van der Waals surface area contributed by atoms with E-state index < -0.39 is 56.3 Å². The van der Waals surface area contributed by atoms with Crippen LogP contribution in [0.25, 0.3) is 0 Å². The van der Waals surface area contributed by atoms with E-state index in [0.717, 1.165) is 12.5 Å². The van der Waals surface area contributed by atoms with Gasteiger partial charge in [0.2, 0.25) is 5.82 Å². The summed E-state index contributed by atoms with van der Waals surface area (Å²) in [5.41, 5.74) is 0.112. The zero-order valence-corrected chi connectivity index (χ0v) is 14.4. The standard InChI is InChI=1S/C15H20F5O4P/c1-2-3-4-10-5-6-12(14(17)13(10)16)24-9-11(15(18,19)20)7-8-25(21,22)23/h5-6,11H,2-4,7-9H2,1H3,(H2,21,22,23)/t11-/m0/s1. The molecule has 4 nitrogen and oxygen atoms in total. The minimum absolute atomic E-state index is 0.112. The maximum Gasteiger partial charge on any atom is 0.395 e. The van der Waals surface area contributed by atoms with Crippen LogP contribution in [0.5, 0.6) is 5.75 Å². The van der Waals surface area contributed by atoms with Crippen LogP contribution in [0, 0.1) is 17.6 Å². The van der Waals surface area contributed by atoms with E-state index in [1.54, 1.807) is 0 Å². The van der Waals surface area contributed by atoms with Crippen LogP contribution in [0.15, 0.2) is 12.1 Å². The van der Waals surface area contributed by atoms with E-state index in [9.17, 15) is 26.5 Å².